The minimum absolute atomic E-state index is 0.0873. The summed E-state index contributed by atoms with van der Waals surface area (Å²) in [4.78, 5) is 10.9. The van der Waals surface area contributed by atoms with Crippen molar-refractivity contribution < 1.29 is 18.3 Å². The number of benzene rings is 1. The number of nitriles is 1. The first-order valence-electron chi connectivity index (χ1n) is 6.25. The van der Waals surface area contributed by atoms with Crippen LogP contribution in [-0.2, 0) is 9.53 Å². The molecule has 106 valence electrons. The van der Waals surface area contributed by atoms with Crippen molar-refractivity contribution in [2.45, 2.75) is 31.4 Å². The molecule has 0 aromatic heterocycles. The van der Waals surface area contributed by atoms with E-state index in [0.29, 0.717) is 5.56 Å². The van der Waals surface area contributed by atoms with Crippen molar-refractivity contribution in [2.24, 2.45) is 0 Å². The Balaban J connectivity index is 1.88. The SMILES string of the molecule is CC(NCC1CC(F)(F)C(=O)O1)c1ccc(C#N)cc1. The van der Waals surface area contributed by atoms with Gasteiger partial charge in [0, 0.05) is 12.6 Å². The zero-order valence-corrected chi connectivity index (χ0v) is 10.9. The molecule has 1 saturated heterocycles. The Labute approximate surface area is 115 Å². The highest BCUT2D eigenvalue weighted by molar-refractivity contribution is 5.79. The summed E-state index contributed by atoms with van der Waals surface area (Å²) in [7, 11) is 0. The quantitative estimate of drug-likeness (QED) is 0.858. The van der Waals surface area contributed by atoms with Crippen LogP contribution in [0, 0.1) is 11.3 Å². The average molecular weight is 280 g/mol. The van der Waals surface area contributed by atoms with Gasteiger partial charge in [0.1, 0.15) is 6.10 Å². The number of ether oxygens (including phenoxy) is 1. The van der Waals surface area contributed by atoms with E-state index >= 15 is 0 Å². The van der Waals surface area contributed by atoms with Gasteiger partial charge in [0.05, 0.1) is 18.1 Å². The van der Waals surface area contributed by atoms with Gasteiger partial charge in [-0.2, -0.15) is 14.0 Å². The molecule has 1 aromatic carbocycles. The molecular weight excluding hydrogens is 266 g/mol. The lowest BCUT2D eigenvalue weighted by Crippen LogP contribution is -2.29. The first-order valence-corrected chi connectivity index (χ1v) is 6.25. The van der Waals surface area contributed by atoms with Gasteiger partial charge in [0.25, 0.3) is 0 Å². The van der Waals surface area contributed by atoms with Gasteiger partial charge in [-0.1, -0.05) is 12.1 Å². The summed E-state index contributed by atoms with van der Waals surface area (Å²) in [6, 6.07) is 8.91. The van der Waals surface area contributed by atoms with Crippen LogP contribution in [-0.4, -0.2) is 24.5 Å². The van der Waals surface area contributed by atoms with Crippen molar-refractivity contribution >= 4 is 5.97 Å². The Morgan fingerprint density at radius 3 is 2.65 bits per heavy atom. The summed E-state index contributed by atoms with van der Waals surface area (Å²) in [6.07, 6.45) is -1.39. The monoisotopic (exact) mass is 280 g/mol. The molecule has 2 rings (SSSR count). The minimum Gasteiger partial charge on any atom is -0.456 e. The molecule has 0 saturated carbocycles. The molecule has 2 unspecified atom stereocenters. The largest absolute Gasteiger partial charge is 0.456 e. The number of hydrogen-bond donors (Lipinski definition) is 1. The number of alkyl halides is 2. The van der Waals surface area contributed by atoms with Gasteiger partial charge < -0.3 is 10.1 Å². The van der Waals surface area contributed by atoms with Gasteiger partial charge in [0.15, 0.2) is 0 Å². The summed E-state index contributed by atoms with van der Waals surface area (Å²) >= 11 is 0. The van der Waals surface area contributed by atoms with E-state index in [1.165, 1.54) is 0 Å². The third-order valence-corrected chi connectivity index (χ3v) is 3.25. The molecule has 0 spiro atoms. The van der Waals surface area contributed by atoms with Crippen LogP contribution in [0.15, 0.2) is 24.3 Å². The van der Waals surface area contributed by atoms with Crippen molar-refractivity contribution in [1.29, 1.82) is 5.26 Å². The van der Waals surface area contributed by atoms with E-state index in [4.69, 9.17) is 5.26 Å². The lowest BCUT2D eigenvalue weighted by atomic mass is 10.1. The normalized spacial score (nSPS) is 22.1. The molecule has 1 heterocycles. The predicted molar refractivity (Wildman–Crippen MR) is 67.0 cm³/mol. The fourth-order valence-electron chi connectivity index (χ4n) is 2.03. The first-order chi connectivity index (χ1) is 9.42. The molecule has 20 heavy (non-hydrogen) atoms. The van der Waals surface area contributed by atoms with Gasteiger partial charge in [-0.05, 0) is 24.6 Å². The Hall–Kier alpha value is -2.00. The fraction of sp³-hybridized carbons (Fsp3) is 0.429. The Morgan fingerprint density at radius 2 is 2.15 bits per heavy atom. The first kappa shape index (κ1) is 14.4. The molecule has 6 heteroatoms. The number of hydrogen-bond acceptors (Lipinski definition) is 4. The van der Waals surface area contributed by atoms with Gasteiger partial charge in [-0.25, -0.2) is 4.79 Å². The third-order valence-electron chi connectivity index (χ3n) is 3.25. The molecule has 1 aliphatic rings. The van der Waals surface area contributed by atoms with E-state index < -0.39 is 24.4 Å². The number of nitrogens with one attached hydrogen (secondary N) is 1. The lowest BCUT2D eigenvalue weighted by molar-refractivity contribution is -0.159. The number of nitrogens with zero attached hydrogens (tertiary/aromatic N) is 1. The van der Waals surface area contributed by atoms with Crippen LogP contribution in [0.1, 0.15) is 30.5 Å². The highest BCUT2D eigenvalue weighted by Gasteiger charge is 2.50. The zero-order chi connectivity index (χ0) is 14.8. The molecule has 1 fully saturated rings. The van der Waals surface area contributed by atoms with Crippen molar-refractivity contribution in [1.82, 2.24) is 5.32 Å². The molecule has 0 aliphatic carbocycles. The molecule has 1 aliphatic heterocycles. The summed E-state index contributed by atoms with van der Waals surface area (Å²) < 4.78 is 30.6. The highest BCUT2D eigenvalue weighted by Crippen LogP contribution is 2.30. The van der Waals surface area contributed by atoms with Crippen molar-refractivity contribution in [3.8, 4) is 6.07 Å². The Morgan fingerprint density at radius 1 is 1.50 bits per heavy atom. The van der Waals surface area contributed by atoms with Crippen molar-refractivity contribution in [3.63, 3.8) is 0 Å². The van der Waals surface area contributed by atoms with Crippen LogP contribution in [0.5, 0.6) is 0 Å². The Kier molecular flexibility index (Phi) is 4.00. The Bertz CT molecular complexity index is 537. The number of esters is 1. The third kappa shape index (κ3) is 3.11. The maximum Gasteiger partial charge on any atom is 0.377 e. The number of carbonyl (C=O) groups is 1. The smallest absolute Gasteiger partial charge is 0.377 e. The van der Waals surface area contributed by atoms with Crippen LogP contribution in [0.25, 0.3) is 0 Å². The number of cyclic esters (lactones) is 1. The summed E-state index contributed by atoms with van der Waals surface area (Å²) in [6.45, 7) is 2.04. The summed E-state index contributed by atoms with van der Waals surface area (Å²) in [5, 5.41) is 11.7. The molecule has 1 N–H and O–H groups in total. The van der Waals surface area contributed by atoms with Gasteiger partial charge in [-0.15, -0.1) is 0 Å². The van der Waals surface area contributed by atoms with Crippen LogP contribution >= 0.6 is 0 Å². The van der Waals surface area contributed by atoms with Crippen LogP contribution in [0.4, 0.5) is 8.78 Å². The van der Waals surface area contributed by atoms with Gasteiger partial charge >= 0.3 is 11.9 Å². The maximum absolute atomic E-state index is 13.0. The van der Waals surface area contributed by atoms with E-state index in [0.717, 1.165) is 5.56 Å². The van der Waals surface area contributed by atoms with Crippen molar-refractivity contribution in [2.75, 3.05) is 6.54 Å². The zero-order valence-electron chi connectivity index (χ0n) is 10.9. The molecule has 1 aromatic rings. The number of rotatable bonds is 4. The number of carbonyl (C=O) groups excluding carboxylic acids is 1. The van der Waals surface area contributed by atoms with Crippen molar-refractivity contribution in [3.05, 3.63) is 35.4 Å². The molecule has 0 amide bonds. The van der Waals surface area contributed by atoms with E-state index in [1.54, 1.807) is 24.3 Å². The van der Waals surface area contributed by atoms with E-state index in [-0.39, 0.29) is 12.6 Å². The summed E-state index contributed by atoms with van der Waals surface area (Å²) in [5.74, 6) is -4.82. The molecule has 0 radical (unpaired) electrons. The molecule has 4 nitrogen and oxygen atoms in total. The van der Waals surface area contributed by atoms with Crippen LogP contribution < -0.4 is 5.32 Å². The predicted octanol–water partition coefficient (Wildman–Crippen LogP) is 2.16. The second-order valence-electron chi connectivity index (χ2n) is 4.80. The van der Waals surface area contributed by atoms with E-state index in [2.05, 4.69) is 10.1 Å². The fourth-order valence-corrected chi connectivity index (χ4v) is 2.03. The molecule has 2 atom stereocenters. The maximum atomic E-state index is 13.0. The second kappa shape index (κ2) is 5.55. The number of halogens is 2. The van der Waals surface area contributed by atoms with Crippen LogP contribution in [0.2, 0.25) is 0 Å². The van der Waals surface area contributed by atoms with Gasteiger partial charge in [0.2, 0.25) is 0 Å². The minimum atomic E-state index is -3.37. The average Bonchev–Trinajstić information content (AvgIpc) is 2.69. The topological polar surface area (TPSA) is 62.1 Å². The van der Waals surface area contributed by atoms with Crippen LogP contribution in [0.3, 0.4) is 0 Å². The van der Waals surface area contributed by atoms with E-state index in [1.807, 2.05) is 13.0 Å². The standard InChI is InChI=1S/C14H14F2N2O2/c1-9(11-4-2-10(7-17)3-5-11)18-8-12-6-14(15,16)13(19)20-12/h2-5,9,12,18H,6,8H2,1H3. The van der Waals surface area contributed by atoms with Gasteiger partial charge in [-0.3, -0.25) is 0 Å². The lowest BCUT2D eigenvalue weighted by Gasteiger charge is -2.16. The summed E-state index contributed by atoms with van der Waals surface area (Å²) in [5.41, 5.74) is 1.49. The molecular formula is C14H14F2N2O2. The second-order valence-corrected chi connectivity index (χ2v) is 4.80. The highest BCUT2D eigenvalue weighted by atomic mass is 19.3. The van der Waals surface area contributed by atoms with E-state index in [9.17, 15) is 13.6 Å². The molecule has 0 bridgehead atoms.